The van der Waals surface area contributed by atoms with E-state index in [1.165, 1.54) is 30.3 Å². The minimum Gasteiger partial charge on any atom is -0.452 e. The molecule has 0 saturated heterocycles. The monoisotopic (exact) mass is 473 g/mol. The Bertz CT molecular complexity index is 1300. The molecule has 0 fully saturated rings. The average molecular weight is 473 g/mol. The molecule has 0 saturated carbocycles. The quantitative estimate of drug-likeness (QED) is 0.570. The van der Waals surface area contributed by atoms with Gasteiger partial charge in [0, 0.05) is 13.0 Å². The fourth-order valence-corrected chi connectivity index (χ4v) is 3.96. The summed E-state index contributed by atoms with van der Waals surface area (Å²) in [7, 11) is 0. The number of carbonyl (C=O) groups is 2. The Morgan fingerprint density at radius 1 is 1.06 bits per heavy atom. The molecular weight excluding hydrogens is 451 g/mol. The van der Waals surface area contributed by atoms with Gasteiger partial charge in [0.25, 0.3) is 11.5 Å². The van der Waals surface area contributed by atoms with E-state index in [0.717, 1.165) is 37.8 Å². The smallest absolute Gasteiger partial charge is 0.418 e. The summed E-state index contributed by atoms with van der Waals surface area (Å²) in [4.78, 5) is 42.0. The maximum absolute atomic E-state index is 13.1. The molecular formula is C24H22F3N3O4. The Balaban J connectivity index is 1.48. The molecule has 2 aromatic carbocycles. The Morgan fingerprint density at radius 3 is 2.62 bits per heavy atom. The summed E-state index contributed by atoms with van der Waals surface area (Å²) in [5.74, 6) is -1.09. The number of rotatable bonds is 4. The van der Waals surface area contributed by atoms with Crippen molar-refractivity contribution in [3.05, 3.63) is 69.8 Å². The Hall–Kier alpha value is -3.69. The molecule has 0 unspecified atom stereocenters. The van der Waals surface area contributed by atoms with Crippen LogP contribution in [0.1, 0.15) is 47.4 Å². The SMILES string of the molecule is O=C(COC(=O)c1ccc2c(=O)n3c(nc2c1)CCCCCC3)Nc1ccccc1C(F)(F)F. The second-order valence-electron chi connectivity index (χ2n) is 8.05. The maximum atomic E-state index is 13.1. The largest absolute Gasteiger partial charge is 0.452 e. The van der Waals surface area contributed by atoms with Crippen LogP contribution in [0.25, 0.3) is 10.9 Å². The number of para-hydroxylation sites is 1. The molecule has 1 aliphatic heterocycles. The molecule has 0 spiro atoms. The predicted octanol–water partition coefficient (Wildman–Crippen LogP) is 4.33. The van der Waals surface area contributed by atoms with E-state index in [2.05, 4.69) is 10.3 Å². The number of hydrogen-bond donors (Lipinski definition) is 1. The van der Waals surface area contributed by atoms with Crippen LogP contribution in [0.5, 0.6) is 0 Å². The number of alkyl halides is 3. The molecule has 0 atom stereocenters. The summed E-state index contributed by atoms with van der Waals surface area (Å²) < 4.78 is 45.9. The van der Waals surface area contributed by atoms with E-state index in [0.29, 0.717) is 29.7 Å². The van der Waals surface area contributed by atoms with Gasteiger partial charge in [-0.2, -0.15) is 13.2 Å². The normalized spacial score (nSPS) is 14.1. The van der Waals surface area contributed by atoms with Crippen LogP contribution in [0.4, 0.5) is 18.9 Å². The average Bonchev–Trinajstić information content (AvgIpc) is 2.78. The van der Waals surface area contributed by atoms with Gasteiger partial charge in [0.15, 0.2) is 6.61 Å². The number of fused-ring (bicyclic) bond motifs is 2. The van der Waals surface area contributed by atoms with Crippen LogP contribution in [-0.2, 0) is 28.7 Å². The molecule has 1 N–H and O–H groups in total. The van der Waals surface area contributed by atoms with Gasteiger partial charge in [-0.1, -0.05) is 25.0 Å². The molecule has 10 heteroatoms. The molecule has 3 aromatic rings. The van der Waals surface area contributed by atoms with E-state index < -0.39 is 35.9 Å². The number of hydrogen-bond acceptors (Lipinski definition) is 5. The minimum atomic E-state index is -4.64. The van der Waals surface area contributed by atoms with Gasteiger partial charge in [0.05, 0.1) is 27.7 Å². The highest BCUT2D eigenvalue weighted by Gasteiger charge is 2.33. The number of carbonyl (C=O) groups excluding carboxylic acids is 2. The summed E-state index contributed by atoms with van der Waals surface area (Å²) in [5.41, 5.74) is -1.16. The zero-order valence-electron chi connectivity index (χ0n) is 18.2. The maximum Gasteiger partial charge on any atom is 0.418 e. The second kappa shape index (κ2) is 9.66. The lowest BCUT2D eigenvalue weighted by Crippen LogP contribution is -2.26. The zero-order valence-corrected chi connectivity index (χ0v) is 18.2. The first-order valence-electron chi connectivity index (χ1n) is 10.9. The van der Waals surface area contributed by atoms with Gasteiger partial charge >= 0.3 is 12.1 Å². The summed E-state index contributed by atoms with van der Waals surface area (Å²) in [5, 5.41) is 2.49. The second-order valence-corrected chi connectivity index (χ2v) is 8.05. The lowest BCUT2D eigenvalue weighted by atomic mass is 10.1. The van der Waals surface area contributed by atoms with Crippen LogP contribution in [0.3, 0.4) is 0 Å². The van der Waals surface area contributed by atoms with Gasteiger partial charge in [0.2, 0.25) is 0 Å². The number of aromatic nitrogens is 2. The number of benzene rings is 2. The van der Waals surface area contributed by atoms with Crippen molar-refractivity contribution in [2.45, 2.75) is 44.8 Å². The van der Waals surface area contributed by atoms with E-state index in [9.17, 15) is 27.6 Å². The molecule has 1 aliphatic rings. The van der Waals surface area contributed by atoms with Crippen molar-refractivity contribution in [2.75, 3.05) is 11.9 Å². The first-order chi connectivity index (χ1) is 16.2. The molecule has 1 amide bonds. The molecule has 0 aliphatic carbocycles. The molecule has 7 nitrogen and oxygen atoms in total. The third-order valence-corrected chi connectivity index (χ3v) is 5.64. The van der Waals surface area contributed by atoms with Crippen LogP contribution >= 0.6 is 0 Å². The fraction of sp³-hybridized carbons (Fsp3) is 0.333. The van der Waals surface area contributed by atoms with Crippen molar-refractivity contribution in [2.24, 2.45) is 0 Å². The number of anilines is 1. The molecule has 178 valence electrons. The van der Waals surface area contributed by atoms with Crippen molar-refractivity contribution >= 4 is 28.5 Å². The number of esters is 1. The third-order valence-electron chi connectivity index (χ3n) is 5.64. The van der Waals surface area contributed by atoms with E-state index in [1.54, 1.807) is 4.57 Å². The Kier molecular flexibility index (Phi) is 6.67. The number of ether oxygens (including phenoxy) is 1. The molecule has 34 heavy (non-hydrogen) atoms. The first kappa shape index (κ1) is 23.5. The number of halogens is 3. The number of nitrogens with one attached hydrogen (secondary N) is 1. The van der Waals surface area contributed by atoms with E-state index in [1.807, 2.05) is 0 Å². The fourth-order valence-electron chi connectivity index (χ4n) is 3.96. The summed E-state index contributed by atoms with van der Waals surface area (Å²) in [6.07, 6.45) is -0.0276. The van der Waals surface area contributed by atoms with Crippen LogP contribution < -0.4 is 10.9 Å². The van der Waals surface area contributed by atoms with Gasteiger partial charge < -0.3 is 10.1 Å². The van der Waals surface area contributed by atoms with Gasteiger partial charge in [-0.25, -0.2) is 9.78 Å². The van der Waals surface area contributed by atoms with E-state index >= 15 is 0 Å². The van der Waals surface area contributed by atoms with Gasteiger partial charge in [-0.05, 0) is 43.2 Å². The first-order valence-corrected chi connectivity index (χ1v) is 10.9. The number of nitrogens with zero attached hydrogens (tertiary/aromatic N) is 2. The highest BCUT2D eigenvalue weighted by atomic mass is 19.4. The van der Waals surface area contributed by atoms with Crippen LogP contribution in [0.2, 0.25) is 0 Å². The minimum absolute atomic E-state index is 0.0821. The summed E-state index contributed by atoms with van der Waals surface area (Å²) in [6.45, 7) is -0.170. The predicted molar refractivity (Wildman–Crippen MR) is 119 cm³/mol. The zero-order chi connectivity index (χ0) is 24.3. The van der Waals surface area contributed by atoms with Gasteiger partial charge in [-0.3, -0.25) is 14.2 Å². The Morgan fingerprint density at radius 2 is 1.82 bits per heavy atom. The lowest BCUT2D eigenvalue weighted by molar-refractivity contribution is -0.137. The highest BCUT2D eigenvalue weighted by molar-refractivity contribution is 5.97. The highest BCUT2D eigenvalue weighted by Crippen LogP contribution is 2.34. The number of aryl methyl sites for hydroxylation is 1. The molecule has 2 heterocycles. The van der Waals surface area contributed by atoms with Crippen molar-refractivity contribution in [3.63, 3.8) is 0 Å². The van der Waals surface area contributed by atoms with Crippen molar-refractivity contribution in [1.29, 1.82) is 0 Å². The molecule has 1 aromatic heterocycles. The topological polar surface area (TPSA) is 90.3 Å². The third kappa shape index (κ3) is 5.11. The standard InChI is InChI=1S/C24H22F3N3O4/c25-24(26,27)17-7-4-5-8-18(17)29-21(31)14-34-23(33)15-10-11-16-19(13-15)28-20-9-3-1-2-6-12-30(20)22(16)32/h4-5,7-8,10-11,13H,1-3,6,9,12,14H2,(H,29,31). The lowest BCUT2D eigenvalue weighted by Gasteiger charge is -2.16. The van der Waals surface area contributed by atoms with Crippen molar-refractivity contribution in [3.8, 4) is 0 Å². The Labute approximate surface area is 192 Å². The summed E-state index contributed by atoms with van der Waals surface area (Å²) >= 11 is 0. The van der Waals surface area contributed by atoms with Gasteiger partial charge in [0.1, 0.15) is 5.82 Å². The number of amides is 1. The molecule has 0 bridgehead atoms. The van der Waals surface area contributed by atoms with Crippen LogP contribution in [0.15, 0.2) is 47.3 Å². The van der Waals surface area contributed by atoms with Crippen LogP contribution in [-0.4, -0.2) is 28.0 Å². The van der Waals surface area contributed by atoms with E-state index in [4.69, 9.17) is 4.74 Å². The molecule has 4 rings (SSSR count). The summed E-state index contributed by atoms with van der Waals surface area (Å²) in [6, 6.07) is 8.83. The molecule has 0 radical (unpaired) electrons. The van der Waals surface area contributed by atoms with E-state index in [-0.39, 0.29) is 11.1 Å². The van der Waals surface area contributed by atoms with Gasteiger partial charge in [-0.15, -0.1) is 0 Å². The van der Waals surface area contributed by atoms with Crippen molar-refractivity contribution < 1.29 is 27.5 Å². The van der Waals surface area contributed by atoms with Crippen LogP contribution in [0, 0.1) is 0 Å². The van der Waals surface area contributed by atoms with Crippen molar-refractivity contribution in [1.82, 2.24) is 9.55 Å².